The lowest BCUT2D eigenvalue weighted by Crippen LogP contribution is -2.29. The van der Waals surface area contributed by atoms with E-state index in [9.17, 15) is 0 Å². The van der Waals surface area contributed by atoms with Crippen molar-refractivity contribution < 1.29 is 29.0 Å². The molecule has 0 bridgehead atoms. The summed E-state index contributed by atoms with van der Waals surface area (Å²) < 4.78 is 22.4. The molecule has 0 saturated carbocycles. The molecular formula is C66H66BCl5N16O6. The fourth-order valence-electron chi connectivity index (χ4n) is 10.8. The molecule has 484 valence electrons. The van der Waals surface area contributed by atoms with E-state index in [1.165, 1.54) is 0 Å². The Hall–Kier alpha value is -7.91. The Morgan fingerprint density at radius 3 is 1.07 bits per heavy atom. The Balaban J connectivity index is 0.000000123. The molecule has 6 N–H and O–H groups in total. The van der Waals surface area contributed by atoms with Gasteiger partial charge in [-0.3, -0.25) is 19.9 Å². The van der Waals surface area contributed by atoms with E-state index < -0.39 is 7.12 Å². The minimum atomic E-state index is -1.41. The van der Waals surface area contributed by atoms with Crippen LogP contribution in [0.3, 0.4) is 0 Å². The van der Waals surface area contributed by atoms with Crippen molar-refractivity contribution in [1.29, 1.82) is 0 Å². The van der Waals surface area contributed by atoms with Crippen LogP contribution in [0.4, 0.5) is 23.3 Å². The van der Waals surface area contributed by atoms with Crippen LogP contribution < -0.4 is 26.7 Å². The number of nitrogens with one attached hydrogen (secondary N) is 4. The lowest BCUT2D eigenvalue weighted by molar-refractivity contribution is 0.120. The molecular weight excluding hydrogens is 1300 g/mol. The standard InChI is InChI=1S/2C18H17ClN4O.2C12H13ClN4O.C6H6BClO2/c19-13-5-3-12(4-6-13)17-16-11-20-8-7-15(16)18(23-22-17)21-10-14-2-1-9-24-14;19-13-5-3-12(4-6-13)17-15-7-8-20-11-16(15)18(23-22-17)21-10-14-2-1-9-24-14;13-11-10-7-14-4-3-9(10)12(17-16-11)15-6-8-2-1-5-18-8;13-11-9-3-4-14-7-10(9)12(17-16-11)15-6-8-2-1-5-18-8;8-6-3-1-5(2-4-6)7(9)10/h2*3-8,11,14H,1-2,9-10H2,(H,21,23);2*3-4,7-8H,1-2,5-6H2,(H,15,17);1-4,9-10H/t2*14-;2*8-;/m0000./s1. The van der Waals surface area contributed by atoms with Gasteiger partial charge in [0.1, 0.15) is 11.4 Å². The van der Waals surface area contributed by atoms with Crippen LogP contribution in [0, 0.1) is 0 Å². The normalized spacial score (nSPS) is 17.2. The lowest BCUT2D eigenvalue weighted by atomic mass is 9.81. The monoisotopic (exact) mass is 1360 g/mol. The van der Waals surface area contributed by atoms with Crippen LogP contribution in [0.5, 0.6) is 0 Å². The van der Waals surface area contributed by atoms with Gasteiger partial charge in [-0.25, -0.2) is 0 Å². The molecule has 94 heavy (non-hydrogen) atoms. The van der Waals surface area contributed by atoms with Gasteiger partial charge in [-0.05, 0) is 117 Å². The van der Waals surface area contributed by atoms with Crippen molar-refractivity contribution in [2.75, 3.05) is 73.9 Å². The Labute approximate surface area is 567 Å². The average Bonchev–Trinajstić information content (AvgIpc) is 0.910. The number of hydrogen-bond donors (Lipinski definition) is 6. The van der Waals surface area contributed by atoms with Crippen molar-refractivity contribution in [3.63, 3.8) is 0 Å². The van der Waals surface area contributed by atoms with E-state index in [1.54, 1.807) is 61.4 Å². The van der Waals surface area contributed by atoms with Gasteiger partial charge in [0.05, 0.1) is 24.4 Å². The number of aromatic nitrogens is 12. The number of hydrogen-bond acceptors (Lipinski definition) is 22. The van der Waals surface area contributed by atoms with E-state index in [0.717, 1.165) is 187 Å². The number of fused-ring (bicyclic) bond motifs is 4. The molecule has 0 unspecified atom stereocenters. The summed E-state index contributed by atoms with van der Waals surface area (Å²) >= 11 is 29.5. The SMILES string of the molecule is Clc1ccc(-c2nnc(NC[C@@H]3CCCO3)c3ccncc23)cc1.Clc1ccc(-c2nnc(NC[C@@H]3CCCO3)c3cnccc23)cc1.Clc1nnc(NC[C@@H]2CCCO2)c2ccncc12.Clc1nnc(NC[C@@H]2CCCO2)c2cnccc12.OB(O)c1ccc(Cl)cc1. The molecule has 4 fully saturated rings. The van der Waals surface area contributed by atoms with Crippen LogP contribution in [0.25, 0.3) is 65.6 Å². The van der Waals surface area contributed by atoms with Crippen molar-refractivity contribution in [1.82, 2.24) is 60.7 Å². The zero-order chi connectivity index (χ0) is 65.0. The Kier molecular flexibility index (Phi) is 24.4. The first kappa shape index (κ1) is 67.5. The van der Waals surface area contributed by atoms with Crippen LogP contribution >= 0.6 is 58.0 Å². The third-order valence-corrected chi connectivity index (χ3v) is 17.0. The van der Waals surface area contributed by atoms with Gasteiger partial charge in [0, 0.05) is 171 Å². The van der Waals surface area contributed by atoms with Gasteiger partial charge in [-0.15, -0.1) is 40.8 Å². The number of benzene rings is 3. The first-order chi connectivity index (χ1) is 46.0. The van der Waals surface area contributed by atoms with Gasteiger partial charge in [-0.1, -0.05) is 94.4 Å². The Morgan fingerprint density at radius 2 is 0.670 bits per heavy atom. The first-order valence-electron chi connectivity index (χ1n) is 30.8. The lowest BCUT2D eigenvalue weighted by Gasteiger charge is -2.13. The summed E-state index contributed by atoms with van der Waals surface area (Å²) in [5, 5.41) is 74.3. The van der Waals surface area contributed by atoms with Crippen molar-refractivity contribution in [3.8, 4) is 22.5 Å². The average molecular weight is 1370 g/mol. The van der Waals surface area contributed by atoms with E-state index in [4.69, 9.17) is 87.0 Å². The van der Waals surface area contributed by atoms with Gasteiger partial charge in [0.15, 0.2) is 33.6 Å². The summed E-state index contributed by atoms with van der Waals surface area (Å²) in [4.78, 5) is 16.6. The summed E-state index contributed by atoms with van der Waals surface area (Å²) in [6.45, 7) is 6.34. The van der Waals surface area contributed by atoms with E-state index in [0.29, 0.717) is 36.7 Å². The van der Waals surface area contributed by atoms with Crippen molar-refractivity contribution in [2.24, 2.45) is 0 Å². The zero-order valence-electron chi connectivity index (χ0n) is 50.8. The molecule has 15 rings (SSSR count). The second-order valence-corrected chi connectivity index (χ2v) is 24.2. The highest BCUT2D eigenvalue weighted by Gasteiger charge is 2.21. The minimum Gasteiger partial charge on any atom is -0.423 e. The fourth-order valence-corrected chi connectivity index (χ4v) is 11.6. The third kappa shape index (κ3) is 18.3. The predicted octanol–water partition coefficient (Wildman–Crippen LogP) is 12.4. The van der Waals surface area contributed by atoms with E-state index >= 15 is 0 Å². The number of ether oxygens (including phenoxy) is 4. The quantitative estimate of drug-likeness (QED) is 0.0520. The van der Waals surface area contributed by atoms with E-state index in [1.807, 2.05) is 85.2 Å². The van der Waals surface area contributed by atoms with Gasteiger partial charge < -0.3 is 50.3 Å². The molecule has 4 aliphatic rings. The summed E-state index contributed by atoms with van der Waals surface area (Å²) in [5.74, 6) is 2.94. The maximum atomic E-state index is 8.63. The zero-order valence-corrected chi connectivity index (χ0v) is 54.6. The fraction of sp³-hybridized carbons (Fsp3) is 0.303. The molecule has 3 aromatic carbocycles. The molecule has 12 heterocycles. The maximum Gasteiger partial charge on any atom is 0.488 e. The molecule has 0 aliphatic carbocycles. The van der Waals surface area contributed by atoms with Gasteiger partial charge in [0.2, 0.25) is 0 Å². The molecule has 28 heteroatoms. The number of rotatable bonds is 15. The van der Waals surface area contributed by atoms with Crippen molar-refractivity contribution >= 4 is 137 Å². The van der Waals surface area contributed by atoms with Crippen LogP contribution in [0.15, 0.2) is 147 Å². The topological polar surface area (TPSA) is 280 Å². The Morgan fingerprint density at radius 1 is 0.351 bits per heavy atom. The molecule has 22 nitrogen and oxygen atoms in total. The van der Waals surface area contributed by atoms with E-state index in [-0.39, 0.29) is 24.4 Å². The smallest absolute Gasteiger partial charge is 0.423 e. The van der Waals surface area contributed by atoms with Crippen LogP contribution in [0.1, 0.15) is 51.4 Å². The number of halogens is 5. The molecule has 4 aliphatic heterocycles. The molecule has 0 spiro atoms. The minimum absolute atomic E-state index is 0.245. The number of nitrogens with zero attached hydrogens (tertiary/aromatic N) is 12. The molecule has 0 radical (unpaired) electrons. The van der Waals surface area contributed by atoms with Crippen molar-refractivity contribution in [2.45, 2.75) is 75.8 Å². The molecule has 11 aromatic rings. The largest absolute Gasteiger partial charge is 0.488 e. The number of anilines is 4. The molecule has 8 aromatic heterocycles. The molecule has 4 atom stereocenters. The third-order valence-electron chi connectivity index (χ3n) is 15.7. The Bertz CT molecular complexity index is 3990. The first-order valence-corrected chi connectivity index (χ1v) is 32.7. The second kappa shape index (κ2) is 34.0. The summed E-state index contributed by atoms with van der Waals surface area (Å²) in [5.41, 5.74) is 4.03. The summed E-state index contributed by atoms with van der Waals surface area (Å²) in [6, 6.07) is 29.2. The highest BCUT2D eigenvalue weighted by atomic mass is 35.5. The van der Waals surface area contributed by atoms with Crippen molar-refractivity contribution in [3.05, 3.63) is 172 Å². The predicted molar refractivity (Wildman–Crippen MR) is 371 cm³/mol. The van der Waals surface area contributed by atoms with Crippen LogP contribution in [-0.4, -0.2) is 155 Å². The van der Waals surface area contributed by atoms with Gasteiger partial charge in [-0.2, -0.15) is 0 Å². The molecule has 0 amide bonds. The molecule has 4 saturated heterocycles. The highest BCUT2D eigenvalue weighted by molar-refractivity contribution is 6.58. The second-order valence-electron chi connectivity index (χ2n) is 22.2. The van der Waals surface area contributed by atoms with Gasteiger partial charge >= 0.3 is 7.12 Å². The van der Waals surface area contributed by atoms with Crippen LogP contribution in [0.2, 0.25) is 25.4 Å². The van der Waals surface area contributed by atoms with Crippen LogP contribution in [-0.2, 0) is 18.9 Å². The number of pyridine rings is 4. The maximum absolute atomic E-state index is 8.63. The van der Waals surface area contributed by atoms with Gasteiger partial charge in [0.25, 0.3) is 0 Å². The highest BCUT2D eigenvalue weighted by Crippen LogP contribution is 2.33. The summed E-state index contributed by atoms with van der Waals surface area (Å²) in [7, 11) is -1.41. The van der Waals surface area contributed by atoms with E-state index in [2.05, 4.69) is 82.0 Å². The summed E-state index contributed by atoms with van der Waals surface area (Å²) in [6.07, 6.45) is 23.9.